The number of carbonyl (C=O) groups is 1. The normalized spacial score (nSPS) is 14.6. The van der Waals surface area contributed by atoms with Gasteiger partial charge in [-0.3, -0.25) is 4.79 Å². The van der Waals surface area contributed by atoms with E-state index < -0.39 is 17.8 Å². The highest BCUT2D eigenvalue weighted by molar-refractivity contribution is 6.06. The molecule has 1 aliphatic heterocycles. The first-order valence-corrected chi connectivity index (χ1v) is 11.3. The summed E-state index contributed by atoms with van der Waals surface area (Å²) in [6.45, 7) is 1.76. The van der Waals surface area contributed by atoms with Crippen LogP contribution in [0.25, 0.3) is 11.4 Å². The second kappa shape index (κ2) is 9.53. The van der Waals surface area contributed by atoms with Crippen molar-refractivity contribution in [2.24, 2.45) is 0 Å². The van der Waals surface area contributed by atoms with E-state index in [1.165, 1.54) is 17.9 Å². The van der Waals surface area contributed by atoms with Crippen LogP contribution in [0.3, 0.4) is 0 Å². The van der Waals surface area contributed by atoms with Crippen LogP contribution in [0.4, 0.5) is 16.0 Å². The lowest BCUT2D eigenvalue weighted by Crippen LogP contribution is -2.32. The number of methoxy groups -OCH3 is 2. The Morgan fingerprint density at radius 2 is 1.64 bits per heavy atom. The van der Waals surface area contributed by atoms with Gasteiger partial charge < -0.3 is 20.1 Å². The van der Waals surface area contributed by atoms with Crippen molar-refractivity contribution >= 4 is 17.5 Å². The van der Waals surface area contributed by atoms with E-state index in [-0.39, 0.29) is 0 Å². The Morgan fingerprint density at radius 3 is 2.39 bits per heavy atom. The molecule has 2 N–H and O–H groups in total. The molecule has 1 atom stereocenters. The minimum atomic E-state index is -0.867. The van der Waals surface area contributed by atoms with E-state index >= 15 is 4.39 Å². The number of nitrogens with zero attached hydrogens (tertiary/aromatic N) is 3. The molecule has 182 valence electrons. The van der Waals surface area contributed by atoms with E-state index in [0.717, 1.165) is 0 Å². The predicted molar refractivity (Wildman–Crippen MR) is 134 cm³/mol. The van der Waals surface area contributed by atoms with Gasteiger partial charge in [0.05, 0.1) is 31.0 Å². The van der Waals surface area contributed by atoms with Gasteiger partial charge in [-0.25, -0.2) is 9.07 Å². The molecular weight excluding hydrogens is 461 g/mol. The molecule has 36 heavy (non-hydrogen) atoms. The van der Waals surface area contributed by atoms with Crippen molar-refractivity contribution in [1.29, 1.82) is 0 Å². The fourth-order valence-electron chi connectivity index (χ4n) is 4.31. The molecule has 0 bridgehead atoms. The Kier molecular flexibility index (Phi) is 6.12. The molecule has 1 amide bonds. The number of allylic oxidation sites excluding steroid dienone is 1. The van der Waals surface area contributed by atoms with Crippen molar-refractivity contribution in [2.75, 3.05) is 24.9 Å². The molecule has 9 heteroatoms. The Hall–Kier alpha value is -4.66. The van der Waals surface area contributed by atoms with Crippen molar-refractivity contribution in [3.63, 3.8) is 0 Å². The third-order valence-corrected chi connectivity index (χ3v) is 6.00. The van der Waals surface area contributed by atoms with Crippen LogP contribution >= 0.6 is 0 Å². The third-order valence-electron chi connectivity index (χ3n) is 6.00. The maximum atomic E-state index is 15.1. The highest BCUT2D eigenvalue weighted by Gasteiger charge is 2.36. The molecule has 3 aromatic carbocycles. The summed E-state index contributed by atoms with van der Waals surface area (Å²) in [7, 11) is 3.10. The number of halogens is 1. The second-order valence-corrected chi connectivity index (χ2v) is 8.15. The highest BCUT2D eigenvalue weighted by atomic mass is 19.1. The first-order valence-electron chi connectivity index (χ1n) is 11.3. The van der Waals surface area contributed by atoms with Crippen LogP contribution in [0.15, 0.2) is 84.1 Å². The number of rotatable bonds is 6. The summed E-state index contributed by atoms with van der Waals surface area (Å²) < 4.78 is 27.5. The van der Waals surface area contributed by atoms with E-state index in [1.54, 1.807) is 50.4 Å². The molecule has 1 unspecified atom stereocenters. The molecule has 0 spiro atoms. The van der Waals surface area contributed by atoms with Crippen molar-refractivity contribution in [3.05, 3.63) is 95.4 Å². The Bertz CT molecular complexity index is 1480. The van der Waals surface area contributed by atoms with Gasteiger partial charge in [-0.15, -0.1) is 5.10 Å². The molecule has 2 heterocycles. The maximum absolute atomic E-state index is 15.1. The average molecular weight is 486 g/mol. The first kappa shape index (κ1) is 23.1. The smallest absolute Gasteiger partial charge is 0.255 e. The van der Waals surface area contributed by atoms with E-state index in [4.69, 9.17) is 14.6 Å². The Labute approximate surface area is 207 Å². The molecule has 0 aliphatic carbocycles. The molecular formula is C27H24FN5O3. The number of fused-ring (bicyclic) bond motifs is 1. The summed E-state index contributed by atoms with van der Waals surface area (Å²) in [4.78, 5) is 18.3. The van der Waals surface area contributed by atoms with Crippen molar-refractivity contribution in [3.8, 4) is 22.9 Å². The molecule has 4 aromatic rings. The summed E-state index contributed by atoms with van der Waals surface area (Å²) >= 11 is 0. The van der Waals surface area contributed by atoms with Gasteiger partial charge in [0.15, 0.2) is 5.82 Å². The quantitative estimate of drug-likeness (QED) is 0.398. The van der Waals surface area contributed by atoms with Gasteiger partial charge in [0.1, 0.15) is 23.4 Å². The van der Waals surface area contributed by atoms with Crippen molar-refractivity contribution < 1.29 is 18.7 Å². The van der Waals surface area contributed by atoms with Gasteiger partial charge >= 0.3 is 0 Å². The van der Waals surface area contributed by atoms with Gasteiger partial charge in [0, 0.05) is 11.3 Å². The van der Waals surface area contributed by atoms with Gasteiger partial charge in [-0.05, 0) is 37.3 Å². The fourth-order valence-corrected chi connectivity index (χ4v) is 4.31. The topological polar surface area (TPSA) is 90.3 Å². The summed E-state index contributed by atoms with van der Waals surface area (Å²) in [5.41, 5.74) is 2.30. The average Bonchev–Trinajstić information content (AvgIpc) is 3.32. The number of carbonyl (C=O) groups excluding carboxylic acids is 1. The molecule has 8 nitrogen and oxygen atoms in total. The molecule has 0 radical (unpaired) electrons. The third kappa shape index (κ3) is 4.04. The minimum Gasteiger partial charge on any atom is -0.496 e. The number of para-hydroxylation sites is 3. The fraction of sp³-hybridized carbons (Fsp3) is 0.148. The van der Waals surface area contributed by atoms with Crippen LogP contribution in [0.5, 0.6) is 11.5 Å². The monoisotopic (exact) mass is 485 g/mol. The number of nitrogens with one attached hydrogen (secondary N) is 2. The molecule has 1 aliphatic rings. The summed E-state index contributed by atoms with van der Waals surface area (Å²) in [5.74, 6) is 1.00. The predicted octanol–water partition coefficient (Wildman–Crippen LogP) is 5.03. The van der Waals surface area contributed by atoms with Crippen LogP contribution in [0, 0.1) is 5.82 Å². The SMILES string of the molecule is COc1ccccc1NC(=O)C1=C(C)Nc2nc(-c3ccccc3OC)nn2C1c1ccccc1F. The standard InChI is InChI=1S/C27H24FN5O3/c1-16-23(26(34)30-20-13-7-9-15-22(20)36-3)24(17-10-4-6-12-19(17)28)33-27(29-16)31-25(32-33)18-11-5-8-14-21(18)35-2/h4-15,24H,1-3H3,(H,30,34)(H,29,31,32). The second-order valence-electron chi connectivity index (χ2n) is 8.15. The van der Waals surface area contributed by atoms with Crippen LogP contribution in [-0.4, -0.2) is 34.9 Å². The summed E-state index contributed by atoms with van der Waals surface area (Å²) in [6.07, 6.45) is 0. The lowest BCUT2D eigenvalue weighted by atomic mass is 9.94. The van der Waals surface area contributed by atoms with Crippen LogP contribution in [0.1, 0.15) is 18.5 Å². The largest absolute Gasteiger partial charge is 0.496 e. The van der Waals surface area contributed by atoms with Gasteiger partial charge in [0.2, 0.25) is 5.95 Å². The molecule has 0 fully saturated rings. The number of aromatic nitrogens is 3. The van der Waals surface area contributed by atoms with E-state index in [1.807, 2.05) is 30.3 Å². The zero-order valence-corrected chi connectivity index (χ0v) is 19.9. The number of hydrogen-bond acceptors (Lipinski definition) is 6. The summed E-state index contributed by atoms with van der Waals surface area (Å²) in [6, 6.07) is 19.9. The molecule has 0 saturated heterocycles. The zero-order chi connectivity index (χ0) is 25.2. The van der Waals surface area contributed by atoms with Crippen LogP contribution in [-0.2, 0) is 4.79 Å². The minimum absolute atomic E-state index is 0.293. The van der Waals surface area contributed by atoms with Gasteiger partial charge in [-0.1, -0.05) is 42.5 Å². The number of hydrogen-bond donors (Lipinski definition) is 2. The molecule has 0 saturated carbocycles. The van der Waals surface area contributed by atoms with Gasteiger partial charge in [0.25, 0.3) is 5.91 Å². The number of amides is 1. The first-order chi connectivity index (χ1) is 17.5. The zero-order valence-electron chi connectivity index (χ0n) is 19.9. The van der Waals surface area contributed by atoms with Crippen LogP contribution in [0.2, 0.25) is 0 Å². The van der Waals surface area contributed by atoms with E-state index in [2.05, 4.69) is 15.6 Å². The summed E-state index contributed by atoms with van der Waals surface area (Å²) in [5, 5.41) is 10.8. The lowest BCUT2D eigenvalue weighted by molar-refractivity contribution is -0.113. The Balaban J connectivity index is 1.63. The number of anilines is 2. The number of ether oxygens (including phenoxy) is 2. The highest BCUT2D eigenvalue weighted by Crippen LogP contribution is 2.39. The van der Waals surface area contributed by atoms with Gasteiger partial charge in [-0.2, -0.15) is 4.98 Å². The van der Waals surface area contributed by atoms with Crippen LogP contribution < -0.4 is 20.1 Å². The van der Waals surface area contributed by atoms with Crippen molar-refractivity contribution in [2.45, 2.75) is 13.0 Å². The van der Waals surface area contributed by atoms with Crippen molar-refractivity contribution in [1.82, 2.24) is 14.8 Å². The Morgan fingerprint density at radius 1 is 0.972 bits per heavy atom. The molecule has 5 rings (SSSR count). The molecule has 1 aromatic heterocycles. The van der Waals surface area contributed by atoms with E-state index in [0.29, 0.717) is 51.4 Å². The van der Waals surface area contributed by atoms with E-state index in [9.17, 15) is 4.79 Å². The lowest BCUT2D eigenvalue weighted by Gasteiger charge is -2.29. The maximum Gasteiger partial charge on any atom is 0.255 e. The number of benzene rings is 3.